The van der Waals surface area contributed by atoms with E-state index < -0.39 is 40.8 Å². The summed E-state index contributed by atoms with van der Waals surface area (Å²) in [7, 11) is 1.25. The molecule has 1 amide bonds. The largest absolute Gasteiger partial charge is 0.406 e. The van der Waals surface area contributed by atoms with E-state index in [0.717, 1.165) is 0 Å². The first-order chi connectivity index (χ1) is 9.65. The van der Waals surface area contributed by atoms with E-state index in [1.54, 1.807) is 0 Å². The van der Waals surface area contributed by atoms with Crippen molar-refractivity contribution in [2.75, 3.05) is 26.8 Å². The average Bonchev–Trinajstić information content (AvgIpc) is 2.36. The molecule has 0 N–H and O–H groups in total. The Morgan fingerprint density at radius 1 is 1.29 bits per heavy atom. The number of benzene rings is 1. The fourth-order valence-corrected chi connectivity index (χ4v) is 1.76. The van der Waals surface area contributed by atoms with Gasteiger partial charge in [0.2, 0.25) is 0 Å². The van der Waals surface area contributed by atoms with Crippen LogP contribution < -0.4 is 0 Å². The second kappa shape index (κ2) is 7.04. The Hall–Kier alpha value is -1.41. The molecule has 0 aliphatic carbocycles. The van der Waals surface area contributed by atoms with Crippen LogP contribution in [0.5, 0.6) is 0 Å². The second-order valence-corrected chi connectivity index (χ2v) is 4.49. The van der Waals surface area contributed by atoms with Crippen LogP contribution >= 0.6 is 11.6 Å². The number of ether oxygens (including phenoxy) is 1. The first-order valence-electron chi connectivity index (χ1n) is 5.65. The highest BCUT2D eigenvalue weighted by molar-refractivity contribution is 6.33. The molecule has 0 saturated heterocycles. The summed E-state index contributed by atoms with van der Waals surface area (Å²) in [5.41, 5.74) is -0.545. The molecule has 21 heavy (non-hydrogen) atoms. The van der Waals surface area contributed by atoms with Crippen molar-refractivity contribution >= 4 is 17.5 Å². The molecule has 9 heteroatoms. The molecule has 0 aliphatic heterocycles. The lowest BCUT2D eigenvalue weighted by atomic mass is 10.2. The van der Waals surface area contributed by atoms with Crippen molar-refractivity contribution in [3.05, 3.63) is 34.4 Å². The third kappa shape index (κ3) is 5.13. The molecule has 0 unspecified atom stereocenters. The molecule has 0 saturated carbocycles. The first kappa shape index (κ1) is 17.6. The number of alkyl halides is 3. The molecule has 0 radical (unpaired) electrons. The zero-order chi connectivity index (χ0) is 16.2. The Morgan fingerprint density at radius 2 is 1.86 bits per heavy atom. The minimum atomic E-state index is -4.64. The minimum absolute atomic E-state index is 0.150. The van der Waals surface area contributed by atoms with E-state index in [1.807, 2.05) is 0 Å². The number of nitrogens with zero attached hydrogens (tertiary/aromatic N) is 1. The summed E-state index contributed by atoms with van der Waals surface area (Å²) < 4.78 is 68.0. The van der Waals surface area contributed by atoms with Gasteiger partial charge in [-0.1, -0.05) is 11.6 Å². The number of rotatable bonds is 5. The third-order valence-corrected chi connectivity index (χ3v) is 2.78. The Kier molecular flexibility index (Phi) is 5.91. The summed E-state index contributed by atoms with van der Waals surface area (Å²) in [4.78, 5) is 12.4. The zero-order valence-corrected chi connectivity index (χ0v) is 11.6. The van der Waals surface area contributed by atoms with Gasteiger partial charge in [0.15, 0.2) is 11.6 Å². The Morgan fingerprint density at radius 3 is 2.38 bits per heavy atom. The van der Waals surface area contributed by atoms with Crippen molar-refractivity contribution in [1.82, 2.24) is 4.90 Å². The molecule has 0 bridgehead atoms. The fourth-order valence-electron chi connectivity index (χ4n) is 1.53. The van der Waals surface area contributed by atoms with Gasteiger partial charge in [0.25, 0.3) is 5.91 Å². The van der Waals surface area contributed by atoms with E-state index in [2.05, 4.69) is 4.74 Å². The van der Waals surface area contributed by atoms with Crippen molar-refractivity contribution in [2.24, 2.45) is 0 Å². The van der Waals surface area contributed by atoms with Gasteiger partial charge < -0.3 is 9.64 Å². The van der Waals surface area contributed by atoms with Crippen LogP contribution in [0.15, 0.2) is 12.1 Å². The number of carbonyl (C=O) groups excluding carboxylic acids is 1. The summed E-state index contributed by atoms with van der Waals surface area (Å²) in [5.74, 6) is -3.83. The molecule has 0 aliphatic rings. The van der Waals surface area contributed by atoms with E-state index >= 15 is 0 Å². The molecular weight excluding hydrogens is 321 g/mol. The normalized spacial score (nSPS) is 11.6. The van der Waals surface area contributed by atoms with Crippen LogP contribution in [-0.4, -0.2) is 43.8 Å². The second-order valence-electron chi connectivity index (χ2n) is 4.08. The fraction of sp³-hybridized carbons (Fsp3) is 0.417. The maximum Gasteiger partial charge on any atom is 0.406 e. The Labute approximate surface area is 122 Å². The molecule has 0 heterocycles. The van der Waals surface area contributed by atoms with Gasteiger partial charge in [-0.2, -0.15) is 13.2 Å². The number of methoxy groups -OCH3 is 1. The summed E-state index contributed by atoms with van der Waals surface area (Å²) in [6.07, 6.45) is -4.64. The molecule has 0 spiro atoms. The van der Waals surface area contributed by atoms with Gasteiger partial charge in [-0.15, -0.1) is 0 Å². The predicted octanol–water partition coefficient (Wildman–Crippen LogP) is 3.27. The Balaban J connectivity index is 3.07. The summed E-state index contributed by atoms with van der Waals surface area (Å²) in [6, 6.07) is 1.00. The van der Waals surface area contributed by atoms with Gasteiger partial charge in [-0.3, -0.25) is 4.79 Å². The number of carbonyl (C=O) groups is 1. The summed E-state index contributed by atoms with van der Waals surface area (Å²) in [6.45, 7) is -2.07. The molecule has 1 rings (SSSR count). The topological polar surface area (TPSA) is 29.5 Å². The Bertz CT molecular complexity index is 521. The molecule has 3 nitrogen and oxygen atoms in total. The third-order valence-electron chi connectivity index (χ3n) is 2.46. The van der Waals surface area contributed by atoms with E-state index in [-0.39, 0.29) is 13.2 Å². The molecule has 1 aromatic rings. The van der Waals surface area contributed by atoms with E-state index in [1.165, 1.54) is 7.11 Å². The van der Waals surface area contributed by atoms with Crippen molar-refractivity contribution in [1.29, 1.82) is 0 Å². The van der Waals surface area contributed by atoms with Gasteiger partial charge in [0.05, 0.1) is 17.2 Å². The highest BCUT2D eigenvalue weighted by atomic mass is 35.5. The van der Waals surface area contributed by atoms with E-state index in [4.69, 9.17) is 11.6 Å². The van der Waals surface area contributed by atoms with Gasteiger partial charge in [0, 0.05) is 13.7 Å². The average molecular weight is 332 g/mol. The standard InChI is InChI=1S/C12H11ClF5NO2/c1-21-3-2-19(6-12(16,17)18)11(20)7-4-9(14)10(15)5-8(7)13/h4-5H,2-3,6H2,1H3. The van der Waals surface area contributed by atoms with Crippen LogP contribution in [0.4, 0.5) is 22.0 Å². The van der Waals surface area contributed by atoms with Gasteiger partial charge in [-0.25, -0.2) is 8.78 Å². The molecule has 0 atom stereocenters. The van der Waals surface area contributed by atoms with E-state index in [0.29, 0.717) is 17.0 Å². The van der Waals surface area contributed by atoms with E-state index in [9.17, 15) is 26.7 Å². The SMILES string of the molecule is COCCN(CC(F)(F)F)C(=O)c1cc(F)c(F)cc1Cl. The smallest absolute Gasteiger partial charge is 0.383 e. The van der Waals surface area contributed by atoms with Crippen molar-refractivity contribution in [3.8, 4) is 0 Å². The van der Waals surface area contributed by atoms with Crippen molar-refractivity contribution in [3.63, 3.8) is 0 Å². The predicted molar refractivity (Wildman–Crippen MR) is 65.2 cm³/mol. The summed E-state index contributed by atoms with van der Waals surface area (Å²) >= 11 is 5.58. The molecule has 0 aromatic heterocycles. The van der Waals surface area contributed by atoms with Crippen LogP contribution in [-0.2, 0) is 4.74 Å². The zero-order valence-electron chi connectivity index (χ0n) is 10.8. The number of hydrogen-bond acceptors (Lipinski definition) is 2. The lowest BCUT2D eigenvalue weighted by Gasteiger charge is -2.24. The minimum Gasteiger partial charge on any atom is -0.383 e. The lowest BCUT2D eigenvalue weighted by Crippen LogP contribution is -2.41. The summed E-state index contributed by atoms with van der Waals surface area (Å²) in [5, 5.41) is -0.469. The quantitative estimate of drug-likeness (QED) is 0.612. The van der Waals surface area contributed by atoms with Crippen LogP contribution in [0.1, 0.15) is 10.4 Å². The maximum absolute atomic E-state index is 13.1. The van der Waals surface area contributed by atoms with Crippen LogP contribution in [0.25, 0.3) is 0 Å². The van der Waals surface area contributed by atoms with Crippen molar-refractivity contribution in [2.45, 2.75) is 6.18 Å². The van der Waals surface area contributed by atoms with Gasteiger partial charge in [-0.05, 0) is 12.1 Å². The highest BCUT2D eigenvalue weighted by Crippen LogP contribution is 2.24. The van der Waals surface area contributed by atoms with Crippen LogP contribution in [0.2, 0.25) is 5.02 Å². The molecule has 1 aromatic carbocycles. The van der Waals surface area contributed by atoms with Gasteiger partial charge >= 0.3 is 6.18 Å². The molecule has 0 fully saturated rings. The maximum atomic E-state index is 13.1. The van der Waals surface area contributed by atoms with Gasteiger partial charge in [0.1, 0.15) is 6.54 Å². The van der Waals surface area contributed by atoms with Crippen LogP contribution in [0.3, 0.4) is 0 Å². The number of amides is 1. The first-order valence-corrected chi connectivity index (χ1v) is 6.03. The monoisotopic (exact) mass is 331 g/mol. The lowest BCUT2D eigenvalue weighted by molar-refractivity contribution is -0.141. The molecular formula is C12H11ClF5NO2. The highest BCUT2D eigenvalue weighted by Gasteiger charge is 2.34. The number of halogens is 6. The van der Waals surface area contributed by atoms with Crippen LogP contribution in [0, 0.1) is 11.6 Å². The number of hydrogen-bond donors (Lipinski definition) is 0. The van der Waals surface area contributed by atoms with Crippen molar-refractivity contribution < 1.29 is 31.5 Å². The molecule has 118 valence electrons.